The summed E-state index contributed by atoms with van der Waals surface area (Å²) in [6.07, 6.45) is 1.50. The highest BCUT2D eigenvalue weighted by atomic mass is 16.5. The Morgan fingerprint density at radius 1 is 1.43 bits per heavy atom. The largest absolute Gasteiger partial charge is 0.394 e. The van der Waals surface area contributed by atoms with Crippen molar-refractivity contribution >= 4 is 0 Å². The van der Waals surface area contributed by atoms with E-state index in [0.29, 0.717) is 0 Å². The third kappa shape index (κ3) is 3.95. The molecule has 1 saturated heterocycles. The third-order valence-electron chi connectivity index (χ3n) is 2.63. The molecule has 84 valence electrons. The van der Waals surface area contributed by atoms with Crippen LogP contribution in [0.25, 0.3) is 0 Å². The highest BCUT2D eigenvalue weighted by molar-refractivity contribution is 4.75. The van der Waals surface area contributed by atoms with Crippen LogP contribution in [0.1, 0.15) is 27.2 Å². The van der Waals surface area contributed by atoms with Gasteiger partial charge in [0.15, 0.2) is 0 Å². The average Bonchev–Trinajstić information content (AvgIpc) is 2.14. The van der Waals surface area contributed by atoms with Gasteiger partial charge in [-0.15, -0.1) is 0 Å². The molecule has 3 nitrogen and oxygen atoms in total. The van der Waals surface area contributed by atoms with Crippen LogP contribution in [0.4, 0.5) is 0 Å². The topological polar surface area (TPSA) is 32.7 Å². The van der Waals surface area contributed by atoms with Gasteiger partial charge in [0.2, 0.25) is 0 Å². The van der Waals surface area contributed by atoms with Gasteiger partial charge in [0.05, 0.1) is 18.8 Å². The van der Waals surface area contributed by atoms with E-state index in [0.717, 1.165) is 25.6 Å². The van der Waals surface area contributed by atoms with Crippen LogP contribution in [-0.2, 0) is 4.74 Å². The summed E-state index contributed by atoms with van der Waals surface area (Å²) in [5.41, 5.74) is 0. The Balaban J connectivity index is 2.30. The zero-order valence-corrected chi connectivity index (χ0v) is 9.57. The molecule has 1 N–H and O–H groups in total. The highest BCUT2D eigenvalue weighted by Crippen LogP contribution is 2.12. The molecule has 14 heavy (non-hydrogen) atoms. The van der Waals surface area contributed by atoms with Crippen molar-refractivity contribution in [3.05, 3.63) is 0 Å². The van der Waals surface area contributed by atoms with E-state index in [1.54, 1.807) is 0 Å². The lowest BCUT2D eigenvalue weighted by Gasteiger charge is -2.36. The first kappa shape index (κ1) is 12.0. The number of nitrogens with zero attached hydrogens (tertiary/aromatic N) is 1. The summed E-state index contributed by atoms with van der Waals surface area (Å²) in [4.78, 5) is 2.40. The van der Waals surface area contributed by atoms with E-state index in [4.69, 9.17) is 9.84 Å². The normalized spacial score (nSPS) is 29.8. The van der Waals surface area contributed by atoms with Gasteiger partial charge in [-0.2, -0.15) is 0 Å². The molecule has 0 aromatic heterocycles. The Bertz CT molecular complexity index is 161. The van der Waals surface area contributed by atoms with Gasteiger partial charge in [0.25, 0.3) is 0 Å². The van der Waals surface area contributed by atoms with Crippen LogP contribution in [-0.4, -0.2) is 48.5 Å². The average molecular weight is 201 g/mol. The van der Waals surface area contributed by atoms with Crippen molar-refractivity contribution in [2.24, 2.45) is 5.92 Å². The molecular weight excluding hydrogens is 178 g/mol. The molecule has 1 aliphatic heterocycles. The second-order valence-electron chi connectivity index (χ2n) is 4.69. The minimum absolute atomic E-state index is 0.0194. The van der Waals surface area contributed by atoms with Crippen molar-refractivity contribution in [2.45, 2.75) is 39.4 Å². The second-order valence-corrected chi connectivity index (χ2v) is 4.69. The fourth-order valence-corrected chi connectivity index (χ4v) is 1.86. The Kier molecular flexibility index (Phi) is 4.85. The van der Waals surface area contributed by atoms with Crippen molar-refractivity contribution in [1.82, 2.24) is 4.90 Å². The van der Waals surface area contributed by atoms with Crippen molar-refractivity contribution in [3.8, 4) is 0 Å². The summed E-state index contributed by atoms with van der Waals surface area (Å²) in [5.74, 6) is 0.751. The van der Waals surface area contributed by atoms with Gasteiger partial charge < -0.3 is 9.84 Å². The van der Waals surface area contributed by atoms with E-state index in [1.807, 2.05) is 0 Å². The molecule has 0 aromatic rings. The van der Waals surface area contributed by atoms with E-state index in [9.17, 15) is 0 Å². The molecule has 1 aliphatic rings. The molecule has 1 heterocycles. The number of hydrogen-bond donors (Lipinski definition) is 1. The molecule has 0 amide bonds. The molecule has 0 radical (unpaired) electrons. The van der Waals surface area contributed by atoms with Gasteiger partial charge in [-0.05, 0) is 25.8 Å². The van der Waals surface area contributed by atoms with E-state index in [1.165, 1.54) is 6.42 Å². The summed E-state index contributed by atoms with van der Waals surface area (Å²) in [6, 6.07) is 0. The lowest BCUT2D eigenvalue weighted by Crippen LogP contribution is -2.48. The fraction of sp³-hybridized carbons (Fsp3) is 1.00. The smallest absolute Gasteiger partial charge is 0.0936 e. The number of aliphatic hydroxyl groups excluding tert-OH is 1. The van der Waals surface area contributed by atoms with Crippen LogP contribution in [0.3, 0.4) is 0 Å². The Morgan fingerprint density at radius 3 is 2.71 bits per heavy atom. The van der Waals surface area contributed by atoms with Crippen molar-refractivity contribution in [1.29, 1.82) is 0 Å². The molecule has 3 heteroatoms. The molecular formula is C11H23NO2. The first-order chi connectivity index (χ1) is 6.61. The zero-order valence-electron chi connectivity index (χ0n) is 9.57. The Hall–Kier alpha value is -0.120. The zero-order chi connectivity index (χ0) is 10.6. The first-order valence-electron chi connectivity index (χ1n) is 5.60. The molecule has 2 unspecified atom stereocenters. The van der Waals surface area contributed by atoms with E-state index < -0.39 is 0 Å². The second kappa shape index (κ2) is 5.69. The molecule has 0 aliphatic carbocycles. The molecule has 0 saturated carbocycles. The summed E-state index contributed by atoms with van der Waals surface area (Å²) in [7, 11) is 0. The van der Waals surface area contributed by atoms with Crippen molar-refractivity contribution in [2.75, 3.05) is 26.2 Å². The monoisotopic (exact) mass is 201 g/mol. The van der Waals surface area contributed by atoms with Gasteiger partial charge in [-0.25, -0.2) is 0 Å². The van der Waals surface area contributed by atoms with Crippen LogP contribution >= 0.6 is 0 Å². The highest BCUT2D eigenvalue weighted by Gasteiger charge is 2.24. The summed E-state index contributed by atoms with van der Waals surface area (Å²) in [5, 5.41) is 9.05. The lowest BCUT2D eigenvalue weighted by molar-refractivity contribution is -0.0956. The predicted molar refractivity (Wildman–Crippen MR) is 57.3 cm³/mol. The van der Waals surface area contributed by atoms with Crippen LogP contribution in [0.15, 0.2) is 0 Å². The van der Waals surface area contributed by atoms with Gasteiger partial charge in [-0.1, -0.05) is 13.8 Å². The molecule has 0 aromatic carbocycles. The number of ether oxygens (including phenoxy) is 1. The third-order valence-corrected chi connectivity index (χ3v) is 2.63. The summed E-state index contributed by atoms with van der Waals surface area (Å²) in [6.45, 7) is 9.71. The molecule has 0 bridgehead atoms. The van der Waals surface area contributed by atoms with Crippen LogP contribution in [0, 0.1) is 5.92 Å². The molecule has 1 rings (SSSR count). The minimum atomic E-state index is 0.0194. The number of morpholine rings is 1. The summed E-state index contributed by atoms with van der Waals surface area (Å²) < 4.78 is 5.58. The SMILES string of the molecule is CC(C)CCN1CC(C)OC(CO)C1. The van der Waals surface area contributed by atoms with E-state index in [-0.39, 0.29) is 18.8 Å². The van der Waals surface area contributed by atoms with Gasteiger partial charge >= 0.3 is 0 Å². The number of rotatable bonds is 4. The van der Waals surface area contributed by atoms with Crippen molar-refractivity contribution in [3.63, 3.8) is 0 Å². The Morgan fingerprint density at radius 2 is 2.14 bits per heavy atom. The molecule has 0 spiro atoms. The Labute approximate surface area is 87.1 Å². The first-order valence-corrected chi connectivity index (χ1v) is 5.60. The summed E-state index contributed by atoms with van der Waals surface area (Å²) >= 11 is 0. The van der Waals surface area contributed by atoms with E-state index in [2.05, 4.69) is 25.7 Å². The fourth-order valence-electron chi connectivity index (χ4n) is 1.86. The van der Waals surface area contributed by atoms with Gasteiger partial charge in [0, 0.05) is 13.1 Å². The number of aliphatic hydroxyl groups is 1. The minimum Gasteiger partial charge on any atom is -0.394 e. The van der Waals surface area contributed by atoms with Gasteiger partial charge in [0.1, 0.15) is 0 Å². The quantitative estimate of drug-likeness (QED) is 0.739. The standard InChI is InChI=1S/C11H23NO2/c1-9(2)4-5-12-6-10(3)14-11(7-12)8-13/h9-11,13H,4-8H2,1-3H3. The maximum Gasteiger partial charge on any atom is 0.0936 e. The molecule has 2 atom stereocenters. The molecule has 1 fully saturated rings. The maximum absolute atomic E-state index is 9.05. The number of hydrogen-bond acceptors (Lipinski definition) is 3. The predicted octanol–water partition coefficient (Wildman–Crippen LogP) is 1.11. The van der Waals surface area contributed by atoms with E-state index >= 15 is 0 Å². The van der Waals surface area contributed by atoms with Crippen LogP contribution in [0.5, 0.6) is 0 Å². The maximum atomic E-state index is 9.05. The van der Waals surface area contributed by atoms with Crippen LogP contribution in [0.2, 0.25) is 0 Å². The van der Waals surface area contributed by atoms with Crippen LogP contribution < -0.4 is 0 Å². The lowest BCUT2D eigenvalue weighted by atomic mass is 10.1. The van der Waals surface area contributed by atoms with Gasteiger partial charge in [-0.3, -0.25) is 4.90 Å². The van der Waals surface area contributed by atoms with Crippen molar-refractivity contribution < 1.29 is 9.84 Å².